The quantitative estimate of drug-likeness (QED) is 0.618. The van der Waals surface area contributed by atoms with Crippen LogP contribution in [0.3, 0.4) is 0 Å². The second-order valence-electron chi connectivity index (χ2n) is 8.87. The van der Waals surface area contributed by atoms with E-state index in [0.717, 1.165) is 15.8 Å². The van der Waals surface area contributed by atoms with Crippen LogP contribution < -0.4 is 10.8 Å². The summed E-state index contributed by atoms with van der Waals surface area (Å²) in [6.45, 7) is 7.76. The molecule has 0 saturated carbocycles. The van der Waals surface area contributed by atoms with Gasteiger partial charge in [-0.2, -0.15) is 8.42 Å². The highest BCUT2D eigenvalue weighted by Crippen LogP contribution is 2.37. The van der Waals surface area contributed by atoms with Gasteiger partial charge in [0.05, 0.1) is 26.8 Å². The third-order valence-electron chi connectivity index (χ3n) is 5.98. The summed E-state index contributed by atoms with van der Waals surface area (Å²) >= 11 is 7.02. The predicted molar refractivity (Wildman–Crippen MR) is 131 cm³/mol. The summed E-state index contributed by atoms with van der Waals surface area (Å²) in [7, 11) is -3.55. The lowest BCUT2D eigenvalue weighted by Crippen LogP contribution is -2.41. The van der Waals surface area contributed by atoms with Crippen molar-refractivity contribution in [2.45, 2.75) is 38.9 Å². The van der Waals surface area contributed by atoms with Gasteiger partial charge in [-0.15, -0.1) is 15.7 Å². The molecule has 0 spiro atoms. The third-order valence-corrected chi connectivity index (χ3v) is 8.56. The van der Waals surface area contributed by atoms with E-state index in [9.17, 15) is 17.6 Å². The molecular formula is C21H22BClFN3O5S2. The molecule has 1 amide bonds. The topological polar surface area (TPSA) is 97.3 Å². The number of carbonyl (C=O) groups excluding carboxylic acids is 1. The van der Waals surface area contributed by atoms with Crippen LogP contribution in [0.5, 0.6) is 0 Å². The lowest BCUT2D eigenvalue weighted by molar-refractivity contribution is -0.113. The lowest BCUT2D eigenvalue weighted by atomic mass is 9.81. The van der Waals surface area contributed by atoms with E-state index in [1.165, 1.54) is 36.6 Å². The summed E-state index contributed by atoms with van der Waals surface area (Å²) in [6, 6.07) is 5.39. The van der Waals surface area contributed by atoms with Crippen molar-refractivity contribution in [3.8, 4) is 0 Å². The molecule has 4 rings (SSSR count). The number of nitrogens with one attached hydrogen (secondary N) is 1. The Morgan fingerprint density at radius 1 is 1.21 bits per heavy atom. The number of benzene rings is 1. The first kappa shape index (κ1) is 24.9. The fourth-order valence-electron chi connectivity index (χ4n) is 3.24. The first-order valence-electron chi connectivity index (χ1n) is 10.2. The van der Waals surface area contributed by atoms with Crippen LogP contribution in [0, 0.1) is 5.82 Å². The first-order chi connectivity index (χ1) is 15.7. The second kappa shape index (κ2) is 8.45. The van der Waals surface area contributed by atoms with E-state index in [-0.39, 0.29) is 22.1 Å². The van der Waals surface area contributed by atoms with E-state index in [1.54, 1.807) is 11.4 Å². The summed E-state index contributed by atoms with van der Waals surface area (Å²) in [5, 5.41) is 4.16. The van der Waals surface area contributed by atoms with Crippen molar-refractivity contribution in [2.24, 2.45) is 4.40 Å². The largest absolute Gasteiger partial charge is 0.495 e. The van der Waals surface area contributed by atoms with Gasteiger partial charge >= 0.3 is 17.3 Å². The Bertz CT molecular complexity index is 1320. The fraction of sp³-hybridized carbons (Fsp3) is 0.333. The molecule has 1 saturated heterocycles. The number of anilines is 1. The first-order valence-corrected chi connectivity index (χ1v) is 12.9. The van der Waals surface area contributed by atoms with Crippen molar-refractivity contribution < 1.29 is 26.9 Å². The Morgan fingerprint density at radius 2 is 1.85 bits per heavy atom. The number of carbonyl (C=O) groups is 1. The molecule has 0 radical (unpaired) electrons. The summed E-state index contributed by atoms with van der Waals surface area (Å²) in [5.41, 5.74) is -0.168. The Balaban J connectivity index is 1.62. The van der Waals surface area contributed by atoms with Crippen LogP contribution in [-0.2, 0) is 24.3 Å². The zero-order valence-electron chi connectivity index (χ0n) is 19.0. The number of halogens is 2. The number of thiophene rings is 1. The van der Waals surface area contributed by atoms with Crippen LogP contribution in [0.15, 0.2) is 45.8 Å². The molecule has 13 heteroatoms. The normalized spacial score (nSPS) is 20.7. The highest BCUT2D eigenvalue weighted by atomic mass is 35.5. The standard InChI is InChI=1S/C21H22BClFN3O5S2/c1-20(2)21(3,4)32-22(31-20)12-8-18(33-11-12)16-10-17(27(5)34(29,30)26-16)19(28)25-13-6-7-15(24)14(23)9-13/h6-11H,1-5H3,(H,25,28). The molecule has 2 aliphatic rings. The van der Waals surface area contributed by atoms with Crippen molar-refractivity contribution in [1.82, 2.24) is 4.31 Å². The summed E-state index contributed by atoms with van der Waals surface area (Å²) in [4.78, 5) is 13.4. The molecule has 2 aliphatic heterocycles. The van der Waals surface area contributed by atoms with Gasteiger partial charge in [-0.25, -0.2) is 8.70 Å². The Labute approximate surface area is 206 Å². The maximum Gasteiger partial charge on any atom is 0.495 e. The van der Waals surface area contributed by atoms with Crippen molar-refractivity contribution in [1.29, 1.82) is 0 Å². The number of amides is 1. The molecule has 1 aromatic carbocycles. The minimum Gasteiger partial charge on any atom is -0.399 e. The number of hydrogen-bond donors (Lipinski definition) is 1. The minimum atomic E-state index is -4.16. The van der Waals surface area contributed by atoms with Gasteiger partial charge in [0.2, 0.25) is 0 Å². The van der Waals surface area contributed by atoms with Gasteiger partial charge in [-0.3, -0.25) is 4.79 Å². The van der Waals surface area contributed by atoms with E-state index in [1.807, 2.05) is 27.7 Å². The van der Waals surface area contributed by atoms with E-state index in [2.05, 4.69) is 9.71 Å². The summed E-state index contributed by atoms with van der Waals surface area (Å²) < 4.78 is 55.5. The molecule has 8 nitrogen and oxygen atoms in total. The molecule has 1 fully saturated rings. The highest BCUT2D eigenvalue weighted by Gasteiger charge is 2.52. The highest BCUT2D eigenvalue weighted by molar-refractivity contribution is 7.88. The van der Waals surface area contributed by atoms with Crippen molar-refractivity contribution >= 4 is 63.0 Å². The number of nitrogens with zero attached hydrogens (tertiary/aromatic N) is 2. The predicted octanol–water partition coefficient (Wildman–Crippen LogP) is 3.34. The zero-order chi connectivity index (χ0) is 25.1. The Kier molecular flexibility index (Phi) is 6.18. The van der Waals surface area contributed by atoms with Crippen molar-refractivity contribution in [3.05, 3.63) is 57.1 Å². The fourth-order valence-corrected chi connectivity index (χ4v) is 5.25. The average molecular weight is 526 g/mol. The molecule has 0 unspecified atom stereocenters. The van der Waals surface area contributed by atoms with Crippen LogP contribution in [0.1, 0.15) is 32.6 Å². The van der Waals surface area contributed by atoms with E-state index in [0.29, 0.717) is 4.88 Å². The van der Waals surface area contributed by atoms with Crippen LogP contribution in [0.2, 0.25) is 5.02 Å². The smallest absolute Gasteiger partial charge is 0.399 e. The minimum absolute atomic E-state index is 0.105. The lowest BCUT2D eigenvalue weighted by Gasteiger charge is -2.32. The van der Waals surface area contributed by atoms with E-state index in [4.69, 9.17) is 20.9 Å². The molecule has 1 N–H and O–H groups in total. The van der Waals surface area contributed by atoms with Gasteiger partial charge in [0.15, 0.2) is 0 Å². The van der Waals surface area contributed by atoms with Gasteiger partial charge in [-0.05, 0) is 68.9 Å². The third kappa shape index (κ3) is 4.52. The molecule has 1 aromatic heterocycles. The molecule has 0 bridgehead atoms. The van der Waals surface area contributed by atoms with Crippen LogP contribution in [-0.4, -0.2) is 49.7 Å². The molecule has 3 heterocycles. The number of likely N-dealkylation sites (N-methyl/N-ethyl adjacent to an activating group) is 1. The molecular weight excluding hydrogens is 504 g/mol. The molecule has 0 atom stereocenters. The summed E-state index contributed by atoms with van der Waals surface area (Å²) in [5.74, 6) is -1.36. The van der Waals surface area contributed by atoms with E-state index >= 15 is 0 Å². The van der Waals surface area contributed by atoms with Gasteiger partial charge in [-0.1, -0.05) is 11.6 Å². The van der Waals surface area contributed by atoms with Crippen molar-refractivity contribution in [2.75, 3.05) is 12.4 Å². The maximum atomic E-state index is 13.4. The molecule has 2 aromatic rings. The van der Waals surface area contributed by atoms with E-state index < -0.39 is 40.3 Å². The Morgan fingerprint density at radius 3 is 2.47 bits per heavy atom. The molecule has 180 valence electrons. The van der Waals surface area contributed by atoms with Crippen molar-refractivity contribution in [3.63, 3.8) is 0 Å². The second-order valence-corrected chi connectivity index (χ2v) is 11.8. The summed E-state index contributed by atoms with van der Waals surface area (Å²) in [6.07, 6.45) is 1.38. The van der Waals surface area contributed by atoms with Gasteiger partial charge in [0.1, 0.15) is 11.5 Å². The van der Waals surface area contributed by atoms with Gasteiger partial charge < -0.3 is 14.6 Å². The van der Waals surface area contributed by atoms with Crippen LogP contribution in [0.25, 0.3) is 0 Å². The van der Waals surface area contributed by atoms with Gasteiger partial charge in [0, 0.05) is 12.7 Å². The average Bonchev–Trinajstić information content (AvgIpc) is 3.29. The Hall–Kier alpha value is -2.25. The number of allylic oxidation sites excluding steroid dienone is 1. The number of rotatable bonds is 4. The van der Waals surface area contributed by atoms with Crippen LogP contribution in [0.4, 0.5) is 10.1 Å². The zero-order valence-corrected chi connectivity index (χ0v) is 21.4. The SMILES string of the molecule is CN1C(C(=O)Nc2ccc(F)c(Cl)c2)=CC(c2cc(B3OC(C)(C)C(C)(C)O3)cs2)=NS1(=O)=O. The van der Waals surface area contributed by atoms with Gasteiger partial charge in [0.25, 0.3) is 5.91 Å². The maximum absolute atomic E-state index is 13.4. The van der Waals surface area contributed by atoms with Crippen LogP contribution >= 0.6 is 22.9 Å². The monoisotopic (exact) mass is 525 g/mol. The number of hydrogen-bond acceptors (Lipinski definition) is 6. The molecule has 34 heavy (non-hydrogen) atoms. The molecule has 0 aliphatic carbocycles.